The van der Waals surface area contributed by atoms with Gasteiger partial charge in [-0.2, -0.15) is 0 Å². The van der Waals surface area contributed by atoms with Gasteiger partial charge in [0.1, 0.15) is 5.82 Å². The minimum absolute atomic E-state index is 0.140. The minimum atomic E-state index is 0.140. The summed E-state index contributed by atoms with van der Waals surface area (Å²) >= 11 is 0. The third kappa shape index (κ3) is 2.52. The van der Waals surface area contributed by atoms with Crippen LogP contribution >= 0.6 is 0 Å². The molecule has 2 unspecified atom stereocenters. The number of hydrogen-bond donors (Lipinski definition) is 1. The highest BCUT2D eigenvalue weighted by atomic mass is 16.2. The van der Waals surface area contributed by atoms with Crippen LogP contribution in [-0.4, -0.2) is 39.0 Å². The summed E-state index contributed by atoms with van der Waals surface area (Å²) in [6, 6.07) is 0.743. The van der Waals surface area contributed by atoms with Crippen LogP contribution in [-0.2, 0) is 18.4 Å². The molecule has 2 fully saturated rings. The number of nitrogens with zero attached hydrogens (tertiary/aromatic N) is 3. The number of carbonyl (C=O) groups excluding carboxylic acids is 1. The molecule has 2 atom stereocenters. The molecule has 1 amide bonds. The topological polar surface area (TPSA) is 50.2 Å². The van der Waals surface area contributed by atoms with Crippen LogP contribution in [0.15, 0.2) is 12.4 Å². The Kier molecular flexibility index (Phi) is 3.31. The largest absolute Gasteiger partial charge is 0.337 e. The van der Waals surface area contributed by atoms with Crippen LogP contribution in [0.1, 0.15) is 32.0 Å². The summed E-state index contributed by atoms with van der Waals surface area (Å²) in [5, 5.41) is 3.37. The summed E-state index contributed by atoms with van der Waals surface area (Å²) in [7, 11) is 1.98. The van der Waals surface area contributed by atoms with Gasteiger partial charge in [0.15, 0.2) is 0 Å². The average molecular weight is 262 g/mol. The molecule has 2 heterocycles. The molecule has 19 heavy (non-hydrogen) atoms. The van der Waals surface area contributed by atoms with Gasteiger partial charge in [-0.15, -0.1) is 0 Å². The van der Waals surface area contributed by atoms with Crippen LogP contribution in [0.3, 0.4) is 0 Å². The molecule has 1 aromatic heterocycles. The SMILES string of the molecule is CC1NCCC1C(=O)N(Cc1nccn1C)C1CC1. The number of carbonyl (C=O) groups is 1. The molecule has 1 saturated heterocycles. The normalized spacial score (nSPS) is 26.6. The van der Waals surface area contributed by atoms with Crippen molar-refractivity contribution in [3.8, 4) is 0 Å². The lowest BCUT2D eigenvalue weighted by molar-refractivity contribution is -0.137. The monoisotopic (exact) mass is 262 g/mol. The Labute approximate surface area is 114 Å². The third-order valence-corrected chi connectivity index (χ3v) is 4.35. The quantitative estimate of drug-likeness (QED) is 0.877. The second-order valence-corrected chi connectivity index (χ2v) is 5.79. The van der Waals surface area contributed by atoms with Gasteiger partial charge in [-0.25, -0.2) is 4.98 Å². The molecule has 1 N–H and O–H groups in total. The van der Waals surface area contributed by atoms with E-state index in [0.717, 1.165) is 31.6 Å². The molecule has 1 aliphatic heterocycles. The molecule has 1 aliphatic carbocycles. The molecule has 0 aromatic carbocycles. The third-order valence-electron chi connectivity index (χ3n) is 4.35. The lowest BCUT2D eigenvalue weighted by Crippen LogP contribution is -2.41. The number of hydrogen-bond acceptors (Lipinski definition) is 3. The maximum atomic E-state index is 12.7. The zero-order chi connectivity index (χ0) is 13.4. The fourth-order valence-corrected chi connectivity index (χ4v) is 2.88. The predicted molar refractivity (Wildman–Crippen MR) is 72.4 cm³/mol. The summed E-state index contributed by atoms with van der Waals surface area (Å²) in [6.45, 7) is 3.72. The Balaban J connectivity index is 1.74. The Morgan fingerprint density at radius 3 is 2.84 bits per heavy atom. The van der Waals surface area contributed by atoms with E-state index >= 15 is 0 Å². The van der Waals surface area contributed by atoms with Crippen molar-refractivity contribution in [1.29, 1.82) is 0 Å². The van der Waals surface area contributed by atoms with E-state index < -0.39 is 0 Å². The molecule has 1 aromatic rings. The Morgan fingerprint density at radius 1 is 1.53 bits per heavy atom. The van der Waals surface area contributed by atoms with E-state index in [9.17, 15) is 4.79 Å². The second kappa shape index (κ2) is 4.96. The zero-order valence-corrected chi connectivity index (χ0v) is 11.7. The standard InChI is InChI=1S/C14H22N4O/c1-10-12(5-6-15-10)14(19)18(11-3-4-11)9-13-16-7-8-17(13)2/h7-8,10-12,15H,3-6,9H2,1-2H3. The van der Waals surface area contributed by atoms with Gasteiger partial charge in [0, 0.05) is 31.5 Å². The van der Waals surface area contributed by atoms with E-state index in [0.29, 0.717) is 24.5 Å². The van der Waals surface area contributed by atoms with Crippen molar-refractivity contribution in [2.45, 2.75) is 44.8 Å². The van der Waals surface area contributed by atoms with E-state index in [1.807, 2.05) is 17.8 Å². The zero-order valence-electron chi connectivity index (χ0n) is 11.7. The second-order valence-electron chi connectivity index (χ2n) is 5.79. The van der Waals surface area contributed by atoms with Gasteiger partial charge >= 0.3 is 0 Å². The summed E-state index contributed by atoms with van der Waals surface area (Å²) in [6.07, 6.45) is 6.98. The molecular weight excluding hydrogens is 240 g/mol. The van der Waals surface area contributed by atoms with Gasteiger partial charge in [-0.3, -0.25) is 4.79 Å². The summed E-state index contributed by atoms with van der Waals surface area (Å²) in [5.74, 6) is 1.42. The van der Waals surface area contributed by atoms with E-state index in [2.05, 4.69) is 22.1 Å². The number of aryl methyl sites for hydroxylation is 1. The molecule has 2 aliphatic rings. The van der Waals surface area contributed by atoms with Crippen molar-refractivity contribution in [3.05, 3.63) is 18.2 Å². The van der Waals surface area contributed by atoms with Gasteiger partial charge < -0.3 is 14.8 Å². The first-order valence-corrected chi connectivity index (χ1v) is 7.17. The average Bonchev–Trinajstić information content (AvgIpc) is 3.02. The summed E-state index contributed by atoms with van der Waals surface area (Å²) < 4.78 is 2.00. The first kappa shape index (κ1) is 12.7. The maximum Gasteiger partial charge on any atom is 0.227 e. The van der Waals surface area contributed by atoms with Crippen molar-refractivity contribution in [2.75, 3.05) is 6.54 Å². The predicted octanol–water partition coefficient (Wildman–Crippen LogP) is 0.909. The number of amides is 1. The molecule has 0 spiro atoms. The molecule has 104 valence electrons. The van der Waals surface area contributed by atoms with E-state index in [1.165, 1.54) is 0 Å². The van der Waals surface area contributed by atoms with Crippen LogP contribution in [0.5, 0.6) is 0 Å². The van der Waals surface area contributed by atoms with Crippen LogP contribution in [0, 0.1) is 5.92 Å². The number of aromatic nitrogens is 2. The van der Waals surface area contributed by atoms with E-state index in [4.69, 9.17) is 0 Å². The Morgan fingerprint density at radius 2 is 2.32 bits per heavy atom. The fourth-order valence-electron chi connectivity index (χ4n) is 2.88. The Bertz CT molecular complexity index is 466. The van der Waals surface area contributed by atoms with Crippen molar-refractivity contribution in [3.63, 3.8) is 0 Å². The smallest absolute Gasteiger partial charge is 0.227 e. The molecule has 1 saturated carbocycles. The van der Waals surface area contributed by atoms with Crippen molar-refractivity contribution in [2.24, 2.45) is 13.0 Å². The molecular formula is C14H22N4O. The molecule has 5 nitrogen and oxygen atoms in total. The van der Waals surface area contributed by atoms with Crippen molar-refractivity contribution in [1.82, 2.24) is 19.8 Å². The lowest BCUT2D eigenvalue weighted by atomic mass is 10.0. The van der Waals surface area contributed by atoms with E-state index in [-0.39, 0.29) is 5.92 Å². The molecule has 0 radical (unpaired) electrons. The summed E-state index contributed by atoms with van der Waals surface area (Å²) in [5.41, 5.74) is 0. The van der Waals surface area contributed by atoms with Crippen molar-refractivity contribution < 1.29 is 4.79 Å². The van der Waals surface area contributed by atoms with E-state index in [1.54, 1.807) is 6.20 Å². The van der Waals surface area contributed by atoms with Crippen LogP contribution in [0.4, 0.5) is 0 Å². The maximum absolute atomic E-state index is 12.7. The minimum Gasteiger partial charge on any atom is -0.337 e. The number of imidazole rings is 1. The molecule has 5 heteroatoms. The summed E-state index contributed by atoms with van der Waals surface area (Å²) in [4.78, 5) is 19.1. The van der Waals surface area contributed by atoms with Gasteiger partial charge in [-0.05, 0) is 32.7 Å². The highest BCUT2D eigenvalue weighted by Gasteiger charge is 2.39. The van der Waals surface area contributed by atoms with Crippen molar-refractivity contribution >= 4 is 5.91 Å². The first-order valence-electron chi connectivity index (χ1n) is 7.17. The number of nitrogens with one attached hydrogen (secondary N) is 1. The molecule has 3 rings (SSSR count). The number of rotatable bonds is 4. The van der Waals surface area contributed by atoms with Gasteiger partial charge in [-0.1, -0.05) is 0 Å². The molecule has 0 bridgehead atoms. The van der Waals surface area contributed by atoms with Gasteiger partial charge in [0.2, 0.25) is 5.91 Å². The highest BCUT2D eigenvalue weighted by Crippen LogP contribution is 2.31. The highest BCUT2D eigenvalue weighted by molar-refractivity contribution is 5.80. The Hall–Kier alpha value is -1.36. The first-order chi connectivity index (χ1) is 9.16. The van der Waals surface area contributed by atoms with Crippen LogP contribution < -0.4 is 5.32 Å². The fraction of sp³-hybridized carbons (Fsp3) is 0.714. The lowest BCUT2D eigenvalue weighted by Gasteiger charge is -2.27. The van der Waals surface area contributed by atoms with Crippen LogP contribution in [0.2, 0.25) is 0 Å². The van der Waals surface area contributed by atoms with Gasteiger partial charge in [0.25, 0.3) is 0 Å². The van der Waals surface area contributed by atoms with Gasteiger partial charge in [0.05, 0.1) is 12.5 Å². The van der Waals surface area contributed by atoms with Crippen LogP contribution in [0.25, 0.3) is 0 Å².